The van der Waals surface area contributed by atoms with Crippen LogP contribution in [0.25, 0.3) is 10.2 Å². The molecule has 0 aliphatic heterocycles. The molecule has 0 atom stereocenters. The minimum atomic E-state index is 0.0858. The second-order valence-electron chi connectivity index (χ2n) is 5.21. The van der Waals surface area contributed by atoms with E-state index in [0.717, 1.165) is 20.4 Å². The largest absolute Gasteiger partial charge is 0.504 e. The number of phenols is 1. The molecule has 2 aromatic heterocycles. The maximum Gasteiger partial charge on any atom is 0.210 e. The summed E-state index contributed by atoms with van der Waals surface area (Å²) < 4.78 is 7.17. The molecular weight excluding hydrogens is 386 g/mol. The van der Waals surface area contributed by atoms with E-state index in [-0.39, 0.29) is 5.75 Å². The van der Waals surface area contributed by atoms with Crippen LogP contribution in [-0.2, 0) is 0 Å². The Morgan fingerprint density at radius 3 is 2.88 bits per heavy atom. The van der Waals surface area contributed by atoms with Gasteiger partial charge in [-0.25, -0.2) is 15.0 Å². The Morgan fingerprint density at radius 1 is 1.19 bits per heavy atom. The second kappa shape index (κ2) is 7.45. The van der Waals surface area contributed by atoms with Gasteiger partial charge in [-0.2, -0.15) is 0 Å². The molecule has 2 heterocycles. The van der Waals surface area contributed by atoms with E-state index < -0.39 is 0 Å². The van der Waals surface area contributed by atoms with Crippen molar-refractivity contribution in [2.75, 3.05) is 7.11 Å². The van der Waals surface area contributed by atoms with E-state index in [2.05, 4.69) is 21.0 Å². The number of ether oxygens (including phenoxy) is 1. The number of para-hydroxylation sites is 1. The van der Waals surface area contributed by atoms with Crippen molar-refractivity contribution in [3.63, 3.8) is 0 Å². The Morgan fingerprint density at radius 2 is 2.08 bits per heavy atom. The van der Waals surface area contributed by atoms with Gasteiger partial charge in [0.15, 0.2) is 15.8 Å². The van der Waals surface area contributed by atoms with Gasteiger partial charge in [-0.1, -0.05) is 12.1 Å². The van der Waals surface area contributed by atoms with Crippen LogP contribution < -0.4 is 4.74 Å². The lowest BCUT2D eigenvalue weighted by Gasteiger charge is -2.02. The number of nitrogens with zero attached hydrogens (tertiary/aromatic N) is 3. The quantitative estimate of drug-likeness (QED) is 0.457. The number of hydrogen-bond donors (Lipinski definition) is 1. The highest BCUT2D eigenvalue weighted by molar-refractivity contribution is 8.01. The van der Waals surface area contributed by atoms with Crippen LogP contribution in [0.2, 0.25) is 0 Å². The van der Waals surface area contributed by atoms with Gasteiger partial charge >= 0.3 is 0 Å². The van der Waals surface area contributed by atoms with Gasteiger partial charge in [-0.3, -0.25) is 0 Å². The lowest BCUT2D eigenvalue weighted by molar-refractivity contribution is 0.373. The number of benzene rings is 2. The molecule has 1 N–H and O–H groups in total. The van der Waals surface area contributed by atoms with Crippen LogP contribution in [0.4, 0.5) is 5.13 Å². The first kappa shape index (κ1) is 17.0. The molecular formula is C18H13N3O2S3. The van der Waals surface area contributed by atoms with Crippen molar-refractivity contribution >= 4 is 56.0 Å². The van der Waals surface area contributed by atoms with Crippen LogP contribution in [0.1, 0.15) is 5.56 Å². The number of aromatic nitrogens is 2. The highest BCUT2D eigenvalue weighted by Gasteiger charge is 2.08. The molecule has 0 unspecified atom stereocenters. The molecule has 0 saturated carbocycles. The molecule has 0 aliphatic rings. The number of hydrogen-bond acceptors (Lipinski definition) is 8. The summed E-state index contributed by atoms with van der Waals surface area (Å²) in [5.41, 5.74) is 1.78. The standard InChI is InChI=1S/C18H13N3O2S3/c1-23-14-7-6-11(8-13(14)22)9-19-17-21-16(10-24-17)26-18-20-12-4-2-3-5-15(12)25-18/h2-10,22H,1H3/b19-9+. The number of aliphatic imine (C=N–C) groups is 1. The van der Waals surface area contributed by atoms with Crippen LogP contribution in [0.3, 0.4) is 0 Å². The zero-order valence-electron chi connectivity index (χ0n) is 13.6. The Hall–Kier alpha value is -2.42. The van der Waals surface area contributed by atoms with Crippen molar-refractivity contribution in [3.05, 3.63) is 53.4 Å². The highest BCUT2D eigenvalue weighted by Crippen LogP contribution is 2.36. The average molecular weight is 400 g/mol. The van der Waals surface area contributed by atoms with Crippen molar-refractivity contribution in [1.29, 1.82) is 0 Å². The minimum Gasteiger partial charge on any atom is -0.504 e. The molecule has 4 rings (SSSR count). The van der Waals surface area contributed by atoms with Crippen molar-refractivity contribution in [3.8, 4) is 11.5 Å². The van der Waals surface area contributed by atoms with Gasteiger partial charge in [0, 0.05) is 11.6 Å². The van der Waals surface area contributed by atoms with Gasteiger partial charge in [0.05, 0.1) is 17.3 Å². The Kier molecular flexibility index (Phi) is 4.87. The fourth-order valence-electron chi connectivity index (χ4n) is 2.26. The summed E-state index contributed by atoms with van der Waals surface area (Å²) in [6.45, 7) is 0. The zero-order valence-corrected chi connectivity index (χ0v) is 16.1. The molecule has 0 aliphatic carbocycles. The molecule has 130 valence electrons. The molecule has 0 spiro atoms. The first-order chi connectivity index (χ1) is 12.7. The summed E-state index contributed by atoms with van der Waals surface area (Å²) in [5.74, 6) is 0.522. The van der Waals surface area contributed by atoms with Gasteiger partial charge in [-0.05, 0) is 47.7 Å². The maximum atomic E-state index is 9.81. The molecule has 0 saturated heterocycles. The van der Waals surface area contributed by atoms with E-state index in [1.165, 1.54) is 34.9 Å². The topological polar surface area (TPSA) is 67.6 Å². The third kappa shape index (κ3) is 3.72. The van der Waals surface area contributed by atoms with E-state index in [4.69, 9.17) is 4.74 Å². The van der Waals surface area contributed by atoms with Crippen molar-refractivity contribution in [2.24, 2.45) is 4.99 Å². The lowest BCUT2D eigenvalue weighted by Crippen LogP contribution is -1.86. The summed E-state index contributed by atoms with van der Waals surface area (Å²) in [5, 5.41) is 13.3. The predicted molar refractivity (Wildman–Crippen MR) is 108 cm³/mol. The molecule has 0 radical (unpaired) electrons. The van der Waals surface area contributed by atoms with E-state index in [0.29, 0.717) is 10.9 Å². The summed E-state index contributed by atoms with van der Waals surface area (Å²) in [7, 11) is 1.52. The predicted octanol–water partition coefficient (Wildman–Crippen LogP) is 5.37. The van der Waals surface area contributed by atoms with Crippen LogP contribution in [0.15, 0.2) is 62.2 Å². The Bertz CT molecular complexity index is 1060. The summed E-state index contributed by atoms with van der Waals surface area (Å²) >= 11 is 4.66. The monoisotopic (exact) mass is 399 g/mol. The van der Waals surface area contributed by atoms with E-state index in [1.807, 2.05) is 29.6 Å². The third-order valence-corrected chi connectivity index (χ3v) is 6.38. The van der Waals surface area contributed by atoms with E-state index in [9.17, 15) is 5.11 Å². The van der Waals surface area contributed by atoms with E-state index >= 15 is 0 Å². The van der Waals surface area contributed by atoms with Crippen LogP contribution in [0.5, 0.6) is 11.5 Å². The summed E-state index contributed by atoms with van der Waals surface area (Å²) in [4.78, 5) is 13.5. The molecule has 8 heteroatoms. The van der Waals surface area contributed by atoms with E-state index in [1.54, 1.807) is 29.7 Å². The van der Waals surface area contributed by atoms with Gasteiger partial charge < -0.3 is 9.84 Å². The lowest BCUT2D eigenvalue weighted by atomic mass is 10.2. The Balaban J connectivity index is 1.48. The van der Waals surface area contributed by atoms with Crippen LogP contribution in [-0.4, -0.2) is 28.4 Å². The van der Waals surface area contributed by atoms with Crippen LogP contribution in [0, 0.1) is 0 Å². The number of fused-ring (bicyclic) bond motifs is 1. The van der Waals surface area contributed by atoms with Crippen molar-refractivity contribution in [1.82, 2.24) is 9.97 Å². The number of rotatable bonds is 5. The molecule has 5 nitrogen and oxygen atoms in total. The summed E-state index contributed by atoms with van der Waals surface area (Å²) in [6, 6.07) is 13.2. The SMILES string of the molecule is COc1ccc(/C=N/c2nc(Sc3nc4ccccc4s3)cs2)cc1O. The number of aromatic hydroxyl groups is 1. The fourth-order valence-corrected chi connectivity index (χ4v) is 5.02. The normalized spacial score (nSPS) is 11.4. The first-order valence-electron chi connectivity index (χ1n) is 7.61. The van der Waals surface area contributed by atoms with Crippen LogP contribution >= 0.6 is 34.4 Å². The maximum absolute atomic E-state index is 9.81. The smallest absolute Gasteiger partial charge is 0.210 e. The third-order valence-electron chi connectivity index (χ3n) is 3.46. The highest BCUT2D eigenvalue weighted by atomic mass is 32.2. The fraction of sp³-hybridized carbons (Fsp3) is 0.0556. The van der Waals surface area contributed by atoms with Gasteiger partial charge in [-0.15, -0.1) is 22.7 Å². The van der Waals surface area contributed by atoms with Gasteiger partial charge in [0.25, 0.3) is 0 Å². The average Bonchev–Trinajstić information content (AvgIpc) is 3.26. The zero-order chi connectivity index (χ0) is 17.9. The number of methoxy groups -OCH3 is 1. The summed E-state index contributed by atoms with van der Waals surface area (Å²) in [6.07, 6.45) is 1.67. The molecule has 2 aromatic carbocycles. The first-order valence-corrected chi connectivity index (χ1v) is 10.1. The van der Waals surface area contributed by atoms with Crippen molar-refractivity contribution in [2.45, 2.75) is 9.37 Å². The van der Waals surface area contributed by atoms with Gasteiger partial charge in [0.2, 0.25) is 5.13 Å². The number of phenolic OH excluding ortho intramolecular Hbond substituents is 1. The molecule has 0 bridgehead atoms. The molecule has 0 fully saturated rings. The molecule has 0 amide bonds. The van der Waals surface area contributed by atoms with Gasteiger partial charge in [0.1, 0.15) is 5.03 Å². The molecule has 4 aromatic rings. The Labute approximate surface area is 162 Å². The second-order valence-corrected chi connectivity index (χ2v) is 8.34. The minimum absolute atomic E-state index is 0.0858. The number of thiazole rings is 2. The van der Waals surface area contributed by atoms with Crippen molar-refractivity contribution < 1.29 is 9.84 Å². The molecule has 26 heavy (non-hydrogen) atoms.